The number of methoxy groups -OCH3 is 1. The quantitative estimate of drug-likeness (QED) is 0.446. The molecule has 8 heteroatoms. The number of hydrogen-bond donors (Lipinski definition) is 0. The first kappa shape index (κ1) is 21.9. The number of halogens is 1. The summed E-state index contributed by atoms with van der Waals surface area (Å²) in [5.41, 5.74) is 2.64. The van der Waals surface area contributed by atoms with E-state index in [0.29, 0.717) is 31.9 Å². The molecular weight excluding hydrogens is 480 g/mol. The van der Waals surface area contributed by atoms with Crippen LogP contribution in [0, 0.1) is 5.92 Å². The van der Waals surface area contributed by atoms with Crippen LogP contribution in [0.3, 0.4) is 0 Å². The van der Waals surface area contributed by atoms with Crippen LogP contribution in [0.5, 0.6) is 5.75 Å². The summed E-state index contributed by atoms with van der Waals surface area (Å²) in [6.07, 6.45) is 1.55. The van der Waals surface area contributed by atoms with Crippen molar-refractivity contribution < 1.29 is 19.1 Å². The molecule has 0 aliphatic carbocycles. The summed E-state index contributed by atoms with van der Waals surface area (Å²) in [6, 6.07) is 11.8. The van der Waals surface area contributed by atoms with E-state index in [0.717, 1.165) is 38.2 Å². The van der Waals surface area contributed by atoms with Crippen molar-refractivity contribution in [2.24, 2.45) is 5.92 Å². The second-order valence-corrected chi connectivity index (χ2v) is 10.0. The highest BCUT2D eigenvalue weighted by molar-refractivity contribution is 9.11. The number of piperidine rings is 1. The van der Waals surface area contributed by atoms with E-state index < -0.39 is 0 Å². The normalized spacial score (nSPS) is 16.5. The van der Waals surface area contributed by atoms with E-state index in [1.54, 1.807) is 30.3 Å². The van der Waals surface area contributed by atoms with Crippen molar-refractivity contribution in [3.63, 3.8) is 0 Å². The molecule has 1 fully saturated rings. The zero-order valence-electron chi connectivity index (χ0n) is 17.6. The maximum absolute atomic E-state index is 13.6. The Kier molecular flexibility index (Phi) is 6.67. The minimum absolute atomic E-state index is 0.0524. The highest BCUT2D eigenvalue weighted by Gasteiger charge is 2.31. The zero-order valence-corrected chi connectivity index (χ0v) is 20.0. The Morgan fingerprint density at radius 2 is 2.06 bits per heavy atom. The fourth-order valence-corrected chi connectivity index (χ4v) is 5.70. The van der Waals surface area contributed by atoms with Gasteiger partial charge >= 0.3 is 5.97 Å². The number of carbonyl (C=O) groups excluding carboxylic acids is 2. The molecular formula is C23H25BrN2O4S. The molecule has 1 aliphatic rings. The molecule has 3 aromatic rings. The Balaban J connectivity index is 1.67. The van der Waals surface area contributed by atoms with E-state index in [1.807, 2.05) is 41.0 Å². The van der Waals surface area contributed by atoms with Crippen molar-refractivity contribution in [1.82, 2.24) is 9.47 Å². The van der Waals surface area contributed by atoms with Gasteiger partial charge in [0.25, 0.3) is 5.91 Å². The van der Waals surface area contributed by atoms with E-state index in [4.69, 9.17) is 9.47 Å². The summed E-state index contributed by atoms with van der Waals surface area (Å²) in [5, 5.41) is 0. The molecule has 1 atom stereocenters. The number of aromatic nitrogens is 1. The molecule has 3 heterocycles. The van der Waals surface area contributed by atoms with Gasteiger partial charge in [-0.15, -0.1) is 11.3 Å². The zero-order chi connectivity index (χ0) is 22.0. The average Bonchev–Trinajstić information content (AvgIpc) is 3.30. The van der Waals surface area contributed by atoms with Gasteiger partial charge in [0.05, 0.1) is 40.2 Å². The molecule has 1 aliphatic heterocycles. The van der Waals surface area contributed by atoms with Gasteiger partial charge in [0, 0.05) is 18.7 Å². The van der Waals surface area contributed by atoms with Gasteiger partial charge in [-0.1, -0.05) is 18.2 Å². The van der Waals surface area contributed by atoms with Crippen molar-refractivity contribution in [1.29, 1.82) is 0 Å². The van der Waals surface area contributed by atoms with Crippen LogP contribution in [0.25, 0.3) is 10.2 Å². The Morgan fingerprint density at radius 3 is 2.84 bits per heavy atom. The number of carbonyl (C=O) groups is 2. The summed E-state index contributed by atoms with van der Waals surface area (Å²) >= 11 is 5.17. The van der Waals surface area contributed by atoms with Gasteiger partial charge < -0.3 is 18.9 Å². The third-order valence-electron chi connectivity index (χ3n) is 5.63. The highest BCUT2D eigenvalue weighted by atomic mass is 79.9. The van der Waals surface area contributed by atoms with Crippen LogP contribution in [-0.4, -0.2) is 48.1 Å². The molecule has 0 N–H and O–H groups in total. The number of rotatable bonds is 6. The molecule has 4 rings (SSSR count). The minimum Gasteiger partial charge on any atom is -0.496 e. The smallest absolute Gasteiger partial charge is 0.310 e. The lowest BCUT2D eigenvalue weighted by atomic mass is 9.98. The van der Waals surface area contributed by atoms with Crippen molar-refractivity contribution in [2.75, 3.05) is 26.8 Å². The van der Waals surface area contributed by atoms with Gasteiger partial charge in [-0.3, -0.25) is 9.59 Å². The maximum atomic E-state index is 13.6. The van der Waals surface area contributed by atoms with E-state index >= 15 is 0 Å². The summed E-state index contributed by atoms with van der Waals surface area (Å²) in [7, 11) is 1.65. The molecule has 0 radical (unpaired) electrons. The standard InChI is InChI=1S/C23H25BrN2O4S/c1-3-30-23(28)16-8-6-10-25(13-16)22(27)18-11-20-17(12-21(24)31-20)26(18)14-15-7-4-5-9-19(15)29-2/h4-5,7,9,11-12,16H,3,6,8,10,13-14H2,1-2H3/t16-/m1/s1. The number of amides is 1. The van der Waals surface area contributed by atoms with Crippen molar-refractivity contribution >= 4 is 49.4 Å². The predicted octanol–water partition coefficient (Wildman–Crippen LogP) is 4.94. The van der Waals surface area contributed by atoms with Crippen LogP contribution in [0.15, 0.2) is 40.2 Å². The average molecular weight is 505 g/mol. The predicted molar refractivity (Wildman–Crippen MR) is 125 cm³/mol. The van der Waals surface area contributed by atoms with Crippen LogP contribution in [0.1, 0.15) is 35.8 Å². The van der Waals surface area contributed by atoms with Crippen LogP contribution in [0.4, 0.5) is 0 Å². The van der Waals surface area contributed by atoms with E-state index in [2.05, 4.69) is 15.9 Å². The molecule has 0 bridgehead atoms. The first-order valence-electron chi connectivity index (χ1n) is 10.4. The fourth-order valence-electron chi connectivity index (χ4n) is 4.14. The molecule has 0 saturated carbocycles. The van der Waals surface area contributed by atoms with Gasteiger partial charge in [0.2, 0.25) is 0 Å². The largest absolute Gasteiger partial charge is 0.496 e. The highest BCUT2D eigenvalue weighted by Crippen LogP contribution is 2.34. The van der Waals surface area contributed by atoms with Crippen molar-refractivity contribution in [3.05, 3.63) is 51.4 Å². The summed E-state index contributed by atoms with van der Waals surface area (Å²) in [5.74, 6) is 0.265. The van der Waals surface area contributed by atoms with Crippen LogP contribution in [0.2, 0.25) is 0 Å². The molecule has 1 aromatic carbocycles. The van der Waals surface area contributed by atoms with Gasteiger partial charge in [-0.2, -0.15) is 0 Å². The summed E-state index contributed by atoms with van der Waals surface area (Å²) in [4.78, 5) is 27.6. The SMILES string of the molecule is CCOC(=O)[C@@H]1CCCN(C(=O)c2cc3sc(Br)cc3n2Cc2ccccc2OC)C1. The summed E-state index contributed by atoms with van der Waals surface area (Å²) < 4.78 is 14.8. The number of thiophene rings is 1. The second kappa shape index (κ2) is 9.44. The van der Waals surface area contributed by atoms with E-state index in [1.165, 1.54) is 0 Å². The Bertz CT molecular complexity index is 1110. The molecule has 0 unspecified atom stereocenters. The number of hydrogen-bond acceptors (Lipinski definition) is 5. The van der Waals surface area contributed by atoms with Crippen LogP contribution < -0.4 is 4.74 Å². The number of para-hydroxylation sites is 1. The first-order chi connectivity index (χ1) is 15.0. The number of nitrogens with zero attached hydrogens (tertiary/aromatic N) is 2. The number of esters is 1. The molecule has 1 amide bonds. The monoisotopic (exact) mass is 504 g/mol. The fraction of sp³-hybridized carbons (Fsp3) is 0.391. The second-order valence-electron chi connectivity index (χ2n) is 7.57. The van der Waals surface area contributed by atoms with E-state index in [9.17, 15) is 9.59 Å². The molecule has 6 nitrogen and oxygen atoms in total. The minimum atomic E-state index is -0.259. The molecule has 2 aromatic heterocycles. The van der Waals surface area contributed by atoms with Gasteiger partial charge in [-0.05, 0) is 53.9 Å². The van der Waals surface area contributed by atoms with Crippen molar-refractivity contribution in [3.8, 4) is 5.75 Å². The summed E-state index contributed by atoms with van der Waals surface area (Å²) in [6.45, 7) is 3.73. The topological polar surface area (TPSA) is 60.8 Å². The van der Waals surface area contributed by atoms with Gasteiger partial charge in [0.15, 0.2) is 0 Å². The third-order valence-corrected chi connectivity index (χ3v) is 7.20. The van der Waals surface area contributed by atoms with E-state index in [-0.39, 0.29) is 17.8 Å². The number of likely N-dealkylation sites (tertiary alicyclic amines) is 1. The van der Waals surface area contributed by atoms with Crippen LogP contribution in [-0.2, 0) is 16.1 Å². The maximum Gasteiger partial charge on any atom is 0.310 e. The lowest BCUT2D eigenvalue weighted by Gasteiger charge is -2.31. The Morgan fingerprint density at radius 1 is 1.26 bits per heavy atom. The lowest BCUT2D eigenvalue weighted by Crippen LogP contribution is -2.43. The number of benzene rings is 1. The molecule has 164 valence electrons. The van der Waals surface area contributed by atoms with Gasteiger partial charge in [-0.25, -0.2) is 0 Å². The lowest BCUT2D eigenvalue weighted by molar-refractivity contribution is -0.149. The Hall–Kier alpha value is -2.32. The molecule has 31 heavy (non-hydrogen) atoms. The molecule has 1 saturated heterocycles. The Labute approximate surface area is 193 Å². The van der Waals surface area contributed by atoms with Gasteiger partial charge in [0.1, 0.15) is 11.4 Å². The van der Waals surface area contributed by atoms with Crippen molar-refractivity contribution in [2.45, 2.75) is 26.3 Å². The van der Waals surface area contributed by atoms with Crippen LogP contribution >= 0.6 is 27.3 Å². The number of fused-ring (bicyclic) bond motifs is 1. The number of ether oxygens (including phenoxy) is 2. The molecule has 0 spiro atoms. The first-order valence-corrected chi connectivity index (χ1v) is 12.0. The third kappa shape index (κ3) is 4.50.